The lowest BCUT2D eigenvalue weighted by Crippen LogP contribution is -2.46. The molecule has 0 aliphatic carbocycles. The van der Waals surface area contributed by atoms with Gasteiger partial charge < -0.3 is 14.4 Å². The van der Waals surface area contributed by atoms with Crippen molar-refractivity contribution in [3.63, 3.8) is 0 Å². The molecule has 2 unspecified atom stereocenters. The third-order valence-electron chi connectivity index (χ3n) is 6.28. The summed E-state index contributed by atoms with van der Waals surface area (Å²) in [6, 6.07) is 20.8. The standard InChI is InChI=1S/C28H25N3O5/c1-18(20-7-5-4-6-8-20)30(27(33)21-11-14-24(35-2)25(15-21)36-3)23-16-26(32)31(28(23)34)22-12-9-19(17-29)10-13-22/h4-15,18,23H,16H2,1-3H3. The van der Waals surface area contributed by atoms with E-state index in [1.165, 1.54) is 19.1 Å². The summed E-state index contributed by atoms with van der Waals surface area (Å²) in [5.74, 6) is -0.485. The van der Waals surface area contributed by atoms with E-state index < -0.39 is 29.8 Å². The van der Waals surface area contributed by atoms with Crippen molar-refractivity contribution in [3.05, 3.63) is 89.5 Å². The van der Waals surface area contributed by atoms with Crippen molar-refractivity contribution < 1.29 is 23.9 Å². The Labute approximate surface area is 209 Å². The summed E-state index contributed by atoms with van der Waals surface area (Å²) in [6.45, 7) is 1.83. The number of imide groups is 1. The van der Waals surface area contributed by atoms with Gasteiger partial charge in [0.25, 0.3) is 11.8 Å². The van der Waals surface area contributed by atoms with Crippen LogP contribution in [0, 0.1) is 11.3 Å². The summed E-state index contributed by atoms with van der Waals surface area (Å²) in [5, 5.41) is 9.06. The zero-order valence-corrected chi connectivity index (χ0v) is 20.2. The minimum absolute atomic E-state index is 0.158. The average molecular weight is 484 g/mol. The van der Waals surface area contributed by atoms with E-state index in [4.69, 9.17) is 14.7 Å². The Morgan fingerprint density at radius 2 is 1.67 bits per heavy atom. The van der Waals surface area contributed by atoms with Gasteiger partial charge in [-0.05, 0) is 55.0 Å². The number of amides is 3. The topological polar surface area (TPSA) is 99.9 Å². The maximum Gasteiger partial charge on any atom is 0.257 e. The molecule has 0 spiro atoms. The molecule has 8 heteroatoms. The van der Waals surface area contributed by atoms with Crippen molar-refractivity contribution in [1.29, 1.82) is 5.26 Å². The average Bonchev–Trinajstić information content (AvgIpc) is 3.21. The van der Waals surface area contributed by atoms with E-state index in [0.29, 0.717) is 28.3 Å². The Hall–Kier alpha value is -4.64. The highest BCUT2D eigenvalue weighted by Gasteiger charge is 2.46. The number of hydrogen-bond donors (Lipinski definition) is 0. The number of ether oxygens (including phenoxy) is 2. The van der Waals surface area contributed by atoms with Crippen LogP contribution in [0.25, 0.3) is 0 Å². The van der Waals surface area contributed by atoms with Crippen LogP contribution in [0.1, 0.15) is 40.9 Å². The molecule has 0 N–H and O–H groups in total. The molecular formula is C28H25N3O5. The number of nitriles is 1. The molecule has 0 saturated carbocycles. The normalized spacial score (nSPS) is 15.8. The van der Waals surface area contributed by atoms with Crippen LogP contribution in [0.3, 0.4) is 0 Å². The molecule has 3 aromatic carbocycles. The molecule has 0 radical (unpaired) electrons. The fraction of sp³-hybridized carbons (Fsp3) is 0.214. The van der Waals surface area contributed by atoms with Crippen molar-refractivity contribution in [2.75, 3.05) is 19.1 Å². The number of methoxy groups -OCH3 is 2. The number of anilines is 1. The van der Waals surface area contributed by atoms with Crippen LogP contribution in [-0.2, 0) is 9.59 Å². The summed E-state index contributed by atoms with van der Waals surface area (Å²) in [6.07, 6.45) is -0.158. The van der Waals surface area contributed by atoms with E-state index in [-0.39, 0.29) is 6.42 Å². The van der Waals surface area contributed by atoms with Crippen molar-refractivity contribution in [2.45, 2.75) is 25.4 Å². The molecule has 0 aromatic heterocycles. The van der Waals surface area contributed by atoms with Gasteiger partial charge in [0.1, 0.15) is 6.04 Å². The zero-order valence-electron chi connectivity index (χ0n) is 20.2. The molecule has 1 fully saturated rings. The molecule has 2 atom stereocenters. The summed E-state index contributed by atoms with van der Waals surface area (Å²) in [7, 11) is 2.98. The first-order chi connectivity index (χ1) is 17.4. The van der Waals surface area contributed by atoms with E-state index in [9.17, 15) is 14.4 Å². The van der Waals surface area contributed by atoms with E-state index in [1.54, 1.807) is 42.5 Å². The molecule has 3 aromatic rings. The highest BCUT2D eigenvalue weighted by atomic mass is 16.5. The lowest BCUT2D eigenvalue weighted by molar-refractivity contribution is -0.122. The van der Waals surface area contributed by atoms with E-state index in [0.717, 1.165) is 10.5 Å². The van der Waals surface area contributed by atoms with Crippen LogP contribution in [0.15, 0.2) is 72.8 Å². The quantitative estimate of drug-likeness (QED) is 0.469. The maximum atomic E-state index is 13.9. The smallest absolute Gasteiger partial charge is 0.257 e. The number of carbonyl (C=O) groups is 3. The van der Waals surface area contributed by atoms with Gasteiger partial charge in [-0.1, -0.05) is 30.3 Å². The molecule has 1 aliphatic heterocycles. The van der Waals surface area contributed by atoms with Crippen LogP contribution in [0.4, 0.5) is 5.69 Å². The Balaban J connectivity index is 1.75. The van der Waals surface area contributed by atoms with Gasteiger partial charge in [0.15, 0.2) is 11.5 Å². The Bertz CT molecular complexity index is 1330. The van der Waals surface area contributed by atoms with Crippen LogP contribution >= 0.6 is 0 Å². The number of carbonyl (C=O) groups excluding carboxylic acids is 3. The van der Waals surface area contributed by atoms with Gasteiger partial charge in [0, 0.05) is 5.56 Å². The fourth-order valence-corrected chi connectivity index (χ4v) is 4.39. The highest BCUT2D eigenvalue weighted by Crippen LogP contribution is 2.34. The largest absolute Gasteiger partial charge is 0.493 e. The first-order valence-electron chi connectivity index (χ1n) is 11.4. The molecule has 182 valence electrons. The van der Waals surface area contributed by atoms with E-state index in [1.807, 2.05) is 43.3 Å². The van der Waals surface area contributed by atoms with E-state index in [2.05, 4.69) is 0 Å². The van der Waals surface area contributed by atoms with Crippen molar-refractivity contribution in [2.24, 2.45) is 0 Å². The molecule has 1 saturated heterocycles. The highest BCUT2D eigenvalue weighted by molar-refractivity contribution is 6.23. The molecule has 36 heavy (non-hydrogen) atoms. The van der Waals surface area contributed by atoms with Gasteiger partial charge in [0.2, 0.25) is 5.91 Å². The van der Waals surface area contributed by atoms with Gasteiger partial charge in [0.05, 0.1) is 44.0 Å². The Morgan fingerprint density at radius 1 is 1.00 bits per heavy atom. The molecule has 3 amide bonds. The molecular weight excluding hydrogens is 458 g/mol. The summed E-state index contributed by atoms with van der Waals surface area (Å²) < 4.78 is 10.6. The van der Waals surface area contributed by atoms with E-state index >= 15 is 0 Å². The first-order valence-corrected chi connectivity index (χ1v) is 11.4. The fourth-order valence-electron chi connectivity index (χ4n) is 4.39. The molecule has 0 bridgehead atoms. The lowest BCUT2D eigenvalue weighted by Gasteiger charge is -2.34. The number of benzene rings is 3. The second kappa shape index (κ2) is 10.3. The second-order valence-corrected chi connectivity index (χ2v) is 8.31. The van der Waals surface area contributed by atoms with Crippen LogP contribution in [0.2, 0.25) is 0 Å². The predicted molar refractivity (Wildman–Crippen MR) is 133 cm³/mol. The third kappa shape index (κ3) is 4.51. The number of nitrogens with zero attached hydrogens (tertiary/aromatic N) is 3. The van der Waals surface area contributed by atoms with Gasteiger partial charge >= 0.3 is 0 Å². The molecule has 8 nitrogen and oxygen atoms in total. The number of hydrogen-bond acceptors (Lipinski definition) is 6. The van der Waals surface area contributed by atoms with Gasteiger partial charge in [-0.2, -0.15) is 5.26 Å². The van der Waals surface area contributed by atoms with Crippen LogP contribution in [-0.4, -0.2) is 42.9 Å². The SMILES string of the molecule is COc1ccc(C(=O)N(C2CC(=O)N(c3ccc(C#N)cc3)C2=O)C(C)c2ccccc2)cc1OC. The zero-order chi connectivity index (χ0) is 25.8. The lowest BCUT2D eigenvalue weighted by atomic mass is 10.0. The monoisotopic (exact) mass is 483 g/mol. The minimum Gasteiger partial charge on any atom is -0.493 e. The number of rotatable bonds is 7. The maximum absolute atomic E-state index is 13.9. The summed E-state index contributed by atoms with van der Waals surface area (Å²) in [5.41, 5.74) is 1.89. The molecule has 1 aliphatic rings. The Kier molecular flexibility index (Phi) is 7.02. The first kappa shape index (κ1) is 24.5. The molecule has 4 rings (SSSR count). The van der Waals surface area contributed by atoms with Crippen LogP contribution < -0.4 is 14.4 Å². The van der Waals surface area contributed by atoms with Gasteiger partial charge in [-0.25, -0.2) is 4.90 Å². The third-order valence-corrected chi connectivity index (χ3v) is 6.28. The summed E-state index contributed by atoms with van der Waals surface area (Å²) >= 11 is 0. The predicted octanol–water partition coefficient (Wildman–Crippen LogP) is 4.11. The molecule has 1 heterocycles. The van der Waals surface area contributed by atoms with Gasteiger partial charge in [-0.15, -0.1) is 0 Å². The van der Waals surface area contributed by atoms with Crippen molar-refractivity contribution >= 4 is 23.4 Å². The van der Waals surface area contributed by atoms with Crippen molar-refractivity contribution in [3.8, 4) is 17.6 Å². The Morgan fingerprint density at radius 3 is 2.28 bits per heavy atom. The van der Waals surface area contributed by atoms with Crippen LogP contribution in [0.5, 0.6) is 11.5 Å². The summed E-state index contributed by atoms with van der Waals surface area (Å²) in [4.78, 5) is 43.1. The van der Waals surface area contributed by atoms with Gasteiger partial charge in [-0.3, -0.25) is 14.4 Å². The minimum atomic E-state index is -1.01. The van der Waals surface area contributed by atoms with Crippen molar-refractivity contribution in [1.82, 2.24) is 4.90 Å². The second-order valence-electron chi connectivity index (χ2n) is 8.31.